The predicted molar refractivity (Wildman–Crippen MR) is 78.4 cm³/mol. The van der Waals surface area contributed by atoms with E-state index in [0.717, 1.165) is 10.9 Å². The zero-order chi connectivity index (χ0) is 16.6. The molecule has 2 heterocycles. The molecule has 0 fully saturated rings. The van der Waals surface area contributed by atoms with E-state index in [4.69, 9.17) is 0 Å². The van der Waals surface area contributed by atoms with Crippen LogP contribution < -0.4 is 14.8 Å². The van der Waals surface area contributed by atoms with Gasteiger partial charge < -0.3 is 14.8 Å². The van der Waals surface area contributed by atoms with Crippen LogP contribution in [0.1, 0.15) is 24.9 Å². The Morgan fingerprint density at radius 1 is 1.17 bits per heavy atom. The zero-order valence-electron chi connectivity index (χ0n) is 11.9. The van der Waals surface area contributed by atoms with Crippen molar-refractivity contribution < 1.29 is 27.8 Å². The fraction of sp³-hybridized carbons (Fsp3) is 0.200. The van der Waals surface area contributed by atoms with E-state index in [1.807, 2.05) is 13.0 Å². The summed E-state index contributed by atoms with van der Waals surface area (Å²) >= 11 is 1.34. The Morgan fingerprint density at radius 2 is 1.91 bits per heavy atom. The van der Waals surface area contributed by atoms with Gasteiger partial charge in [-0.1, -0.05) is 0 Å². The third kappa shape index (κ3) is 3.31. The number of alkyl halides is 2. The van der Waals surface area contributed by atoms with Crippen LogP contribution >= 0.6 is 11.3 Å². The van der Waals surface area contributed by atoms with Gasteiger partial charge in [-0.2, -0.15) is 0 Å². The van der Waals surface area contributed by atoms with Crippen molar-refractivity contribution in [1.82, 2.24) is 5.32 Å². The van der Waals surface area contributed by atoms with Gasteiger partial charge in [0.05, 0.1) is 11.4 Å². The van der Waals surface area contributed by atoms with E-state index in [0.29, 0.717) is 4.88 Å². The second kappa shape index (κ2) is 5.62. The first-order valence-corrected chi connectivity index (χ1v) is 7.43. The Bertz CT molecular complexity index is 788. The average Bonchev–Trinajstić information content (AvgIpc) is 3.04. The van der Waals surface area contributed by atoms with Crippen molar-refractivity contribution in [1.29, 1.82) is 0 Å². The van der Waals surface area contributed by atoms with Crippen LogP contribution in [0, 0.1) is 6.92 Å². The lowest BCUT2D eigenvalue weighted by Gasteiger charge is -2.05. The molecule has 0 spiro atoms. The van der Waals surface area contributed by atoms with E-state index < -0.39 is 12.2 Å². The van der Waals surface area contributed by atoms with Crippen molar-refractivity contribution in [2.24, 2.45) is 0 Å². The first-order chi connectivity index (χ1) is 10.8. The van der Waals surface area contributed by atoms with Gasteiger partial charge in [0.2, 0.25) is 0 Å². The Labute approximate surface area is 133 Å². The number of nitrogens with one attached hydrogen (secondary N) is 1. The van der Waals surface area contributed by atoms with E-state index in [9.17, 15) is 18.4 Å². The zero-order valence-corrected chi connectivity index (χ0v) is 12.7. The summed E-state index contributed by atoms with van der Waals surface area (Å²) in [4.78, 5) is 25.5. The average molecular weight is 339 g/mol. The molecule has 0 saturated carbocycles. The van der Waals surface area contributed by atoms with E-state index in [2.05, 4.69) is 14.8 Å². The van der Waals surface area contributed by atoms with E-state index in [1.54, 1.807) is 6.07 Å². The summed E-state index contributed by atoms with van der Waals surface area (Å²) in [6, 6.07) is 7.19. The van der Waals surface area contributed by atoms with Crippen molar-refractivity contribution >= 4 is 23.0 Å². The number of hydrogen-bond acceptors (Lipinski definition) is 5. The fourth-order valence-corrected chi connectivity index (χ4v) is 2.83. The number of carbonyl (C=O) groups is 2. The van der Waals surface area contributed by atoms with Gasteiger partial charge in [0.25, 0.3) is 5.91 Å². The van der Waals surface area contributed by atoms with Gasteiger partial charge in [-0.3, -0.25) is 9.59 Å². The second-order valence-corrected chi connectivity index (χ2v) is 6.13. The minimum atomic E-state index is -3.73. The molecule has 0 radical (unpaired) electrons. The number of rotatable bonds is 4. The highest BCUT2D eigenvalue weighted by molar-refractivity contribution is 7.14. The largest absolute Gasteiger partial charge is 0.586 e. The summed E-state index contributed by atoms with van der Waals surface area (Å²) < 4.78 is 34.4. The van der Waals surface area contributed by atoms with E-state index in [1.165, 1.54) is 23.5 Å². The number of Topliss-reactive ketones (excluding diaryl/α,β-unsaturated/α-hetero) is 1. The van der Waals surface area contributed by atoms with Gasteiger partial charge in [-0.25, -0.2) is 0 Å². The van der Waals surface area contributed by atoms with Gasteiger partial charge in [0.1, 0.15) is 0 Å². The molecule has 23 heavy (non-hydrogen) atoms. The van der Waals surface area contributed by atoms with E-state index in [-0.39, 0.29) is 29.4 Å². The minimum Gasteiger partial charge on any atom is -0.395 e. The van der Waals surface area contributed by atoms with E-state index >= 15 is 0 Å². The molecule has 3 rings (SSSR count). The van der Waals surface area contributed by atoms with Crippen molar-refractivity contribution in [2.75, 3.05) is 6.54 Å². The van der Waals surface area contributed by atoms with Crippen LogP contribution in [0.2, 0.25) is 0 Å². The first-order valence-electron chi connectivity index (χ1n) is 6.62. The summed E-state index contributed by atoms with van der Waals surface area (Å²) in [6.07, 6.45) is -3.73. The highest BCUT2D eigenvalue weighted by Gasteiger charge is 2.43. The maximum Gasteiger partial charge on any atom is 0.586 e. The number of aryl methyl sites for hydroxylation is 1. The van der Waals surface area contributed by atoms with Crippen molar-refractivity contribution in [3.8, 4) is 11.5 Å². The maximum atomic E-state index is 12.9. The fourth-order valence-electron chi connectivity index (χ4n) is 2.02. The van der Waals surface area contributed by atoms with Gasteiger partial charge in [0.15, 0.2) is 17.3 Å². The molecule has 0 atom stereocenters. The molecular formula is C15H11F2NO4S. The Morgan fingerprint density at radius 3 is 2.61 bits per heavy atom. The Hall–Kier alpha value is -2.48. The normalized spacial score (nSPS) is 14.6. The topological polar surface area (TPSA) is 64.6 Å². The highest BCUT2D eigenvalue weighted by atomic mass is 32.1. The molecule has 120 valence electrons. The second-order valence-electron chi connectivity index (χ2n) is 4.85. The van der Waals surface area contributed by atoms with Crippen LogP contribution in [-0.2, 0) is 0 Å². The minimum absolute atomic E-state index is 0.0974. The molecule has 1 N–H and O–H groups in total. The van der Waals surface area contributed by atoms with Crippen LogP contribution in [-0.4, -0.2) is 24.5 Å². The molecule has 0 aliphatic carbocycles. The van der Waals surface area contributed by atoms with Gasteiger partial charge >= 0.3 is 6.29 Å². The maximum absolute atomic E-state index is 12.9. The number of ether oxygens (including phenoxy) is 2. The number of ketones is 1. The lowest BCUT2D eigenvalue weighted by molar-refractivity contribution is -0.286. The summed E-state index contributed by atoms with van der Waals surface area (Å²) in [7, 11) is 0. The predicted octanol–water partition coefficient (Wildman–Crippen LogP) is 2.99. The number of halogens is 2. The van der Waals surface area contributed by atoms with Crippen molar-refractivity contribution in [3.05, 3.63) is 45.6 Å². The molecule has 0 bridgehead atoms. The molecule has 1 aliphatic rings. The third-order valence-electron chi connectivity index (χ3n) is 3.09. The molecule has 0 unspecified atom stereocenters. The number of hydrogen-bond donors (Lipinski definition) is 1. The molecule has 8 heteroatoms. The number of thiophene rings is 1. The Kier molecular flexibility index (Phi) is 3.77. The van der Waals surface area contributed by atoms with Crippen LogP contribution in [0.5, 0.6) is 11.5 Å². The Balaban J connectivity index is 1.64. The van der Waals surface area contributed by atoms with Gasteiger partial charge in [0, 0.05) is 10.4 Å². The molecule has 1 aromatic heterocycles. The van der Waals surface area contributed by atoms with Crippen LogP contribution in [0.3, 0.4) is 0 Å². The number of benzene rings is 1. The molecule has 5 nitrogen and oxygen atoms in total. The SMILES string of the molecule is Cc1ccc(C(=O)CNC(=O)c2ccc3c(c2)OC(F)(F)O3)s1. The highest BCUT2D eigenvalue weighted by Crippen LogP contribution is 2.41. The van der Waals surface area contributed by atoms with Gasteiger partial charge in [-0.05, 0) is 37.3 Å². The summed E-state index contributed by atoms with van der Waals surface area (Å²) in [5.41, 5.74) is 0.0974. The monoisotopic (exact) mass is 339 g/mol. The summed E-state index contributed by atoms with van der Waals surface area (Å²) in [5.74, 6) is -1.14. The van der Waals surface area contributed by atoms with Crippen molar-refractivity contribution in [2.45, 2.75) is 13.2 Å². The first kappa shape index (κ1) is 15.4. The molecule has 1 amide bonds. The quantitative estimate of drug-likeness (QED) is 0.870. The number of carbonyl (C=O) groups excluding carboxylic acids is 2. The molecule has 1 aliphatic heterocycles. The van der Waals surface area contributed by atoms with Crippen LogP contribution in [0.15, 0.2) is 30.3 Å². The molecular weight excluding hydrogens is 328 g/mol. The van der Waals surface area contributed by atoms with Crippen LogP contribution in [0.25, 0.3) is 0 Å². The number of amides is 1. The van der Waals surface area contributed by atoms with Gasteiger partial charge in [-0.15, -0.1) is 20.1 Å². The van der Waals surface area contributed by atoms with Crippen LogP contribution in [0.4, 0.5) is 8.78 Å². The number of fused-ring (bicyclic) bond motifs is 1. The standard InChI is InChI=1S/C15H11F2NO4S/c1-8-2-5-13(23-8)10(19)7-18-14(20)9-3-4-11-12(6-9)22-15(16,17)21-11/h2-6H,7H2,1H3,(H,18,20). The summed E-state index contributed by atoms with van der Waals surface area (Å²) in [5, 5.41) is 2.45. The third-order valence-corrected chi connectivity index (χ3v) is 4.13. The summed E-state index contributed by atoms with van der Waals surface area (Å²) in [6.45, 7) is 1.70. The molecule has 0 saturated heterocycles. The van der Waals surface area contributed by atoms with Crippen molar-refractivity contribution in [3.63, 3.8) is 0 Å². The molecule has 1 aromatic carbocycles. The smallest absolute Gasteiger partial charge is 0.395 e. The lowest BCUT2D eigenvalue weighted by Crippen LogP contribution is -2.29. The molecule has 2 aromatic rings. The lowest BCUT2D eigenvalue weighted by atomic mass is 10.2.